The normalized spacial score (nSPS) is 12.0. The van der Waals surface area contributed by atoms with E-state index in [2.05, 4.69) is 33.8 Å². The van der Waals surface area contributed by atoms with Gasteiger partial charge in [0.15, 0.2) is 0 Å². The predicted octanol–water partition coefficient (Wildman–Crippen LogP) is 8.00. The number of hydrogen-bond donors (Lipinski definition) is 1. The average molecular weight is 484 g/mol. The van der Waals surface area contributed by atoms with Crippen LogP contribution in [0.4, 0.5) is 0 Å². The van der Waals surface area contributed by atoms with Crippen molar-refractivity contribution < 1.29 is 13.0 Å². The maximum absolute atomic E-state index is 12.5. The molecule has 0 saturated carbocycles. The van der Waals surface area contributed by atoms with Crippen LogP contribution in [0.25, 0.3) is 10.8 Å². The molecule has 33 heavy (non-hydrogen) atoms. The Morgan fingerprint density at radius 1 is 0.758 bits per heavy atom. The molecule has 2 aromatic rings. The molecular weight excluding hydrogens is 439 g/mol. The van der Waals surface area contributed by atoms with Crippen LogP contribution in [0.3, 0.4) is 0 Å². The van der Waals surface area contributed by atoms with Crippen molar-refractivity contribution in [3.63, 3.8) is 0 Å². The fourth-order valence-electron chi connectivity index (χ4n) is 4.63. The van der Waals surface area contributed by atoms with E-state index in [4.69, 9.17) is 0 Å². The smallest absolute Gasteiger partial charge is 0.282 e. The maximum atomic E-state index is 12.5. The molecule has 0 amide bonds. The van der Waals surface area contributed by atoms with Crippen molar-refractivity contribution in [2.75, 3.05) is 0 Å². The molecule has 181 valence electrons. The van der Waals surface area contributed by atoms with E-state index >= 15 is 0 Å². The molecule has 1 N–H and O–H groups in total. The molecular formula is C28H44NaO3S. The second-order valence-electron chi connectivity index (χ2n) is 10.2. The van der Waals surface area contributed by atoms with Crippen LogP contribution < -0.4 is 0 Å². The first-order chi connectivity index (χ1) is 15.2. The predicted molar refractivity (Wildman–Crippen MR) is 143 cm³/mol. The summed E-state index contributed by atoms with van der Waals surface area (Å²) in [5, 5.41) is 1.54. The van der Waals surface area contributed by atoms with Gasteiger partial charge in [-0.1, -0.05) is 109 Å². The van der Waals surface area contributed by atoms with Crippen molar-refractivity contribution in [3.05, 3.63) is 41.5 Å². The summed E-state index contributed by atoms with van der Waals surface area (Å²) in [6, 6.07) is 9.71. The standard InChI is InChI=1S/C28H44O3S.Na/c1-22(2)15-9-5-7-11-17-24-21-25-18-13-14-20-27(25)28(32(29,30)31)26(24)19-12-8-6-10-16-23(3)4;/h13-14,18,20-23H,5-12,15-17,19H2,1-4H3,(H,29,30,31);. The summed E-state index contributed by atoms with van der Waals surface area (Å²) in [5.74, 6) is 1.48. The monoisotopic (exact) mass is 483 g/mol. The van der Waals surface area contributed by atoms with E-state index in [1.807, 2.05) is 24.3 Å². The molecule has 2 aromatic carbocycles. The fourth-order valence-corrected chi connectivity index (χ4v) is 5.64. The summed E-state index contributed by atoms with van der Waals surface area (Å²) in [7, 11) is -4.29. The van der Waals surface area contributed by atoms with E-state index in [1.54, 1.807) is 0 Å². The van der Waals surface area contributed by atoms with Gasteiger partial charge < -0.3 is 0 Å². The number of unbranched alkanes of at least 4 members (excludes halogenated alkanes) is 6. The number of aryl methyl sites for hydroxylation is 1. The zero-order chi connectivity index (χ0) is 23.6. The fraction of sp³-hybridized carbons (Fsp3) is 0.643. The minimum Gasteiger partial charge on any atom is -0.282 e. The topological polar surface area (TPSA) is 54.4 Å². The van der Waals surface area contributed by atoms with Gasteiger partial charge >= 0.3 is 0 Å². The first kappa shape index (κ1) is 30.6. The van der Waals surface area contributed by atoms with Crippen LogP contribution in [0, 0.1) is 11.8 Å². The van der Waals surface area contributed by atoms with Gasteiger partial charge in [-0.2, -0.15) is 8.42 Å². The van der Waals surface area contributed by atoms with Gasteiger partial charge in [0, 0.05) is 34.9 Å². The van der Waals surface area contributed by atoms with Crippen LogP contribution in [0.1, 0.15) is 103 Å². The largest absolute Gasteiger partial charge is 0.295 e. The molecule has 2 rings (SSSR count). The number of benzene rings is 2. The molecule has 0 unspecified atom stereocenters. The SMILES string of the molecule is CC(C)CCCCCCc1cc2ccccc2c(S(=O)(=O)O)c1CCCCCCC(C)C.[Na]. The molecule has 0 aliphatic carbocycles. The second-order valence-corrected chi connectivity index (χ2v) is 11.6. The zero-order valence-corrected chi connectivity index (χ0v) is 24.5. The Morgan fingerprint density at radius 3 is 1.82 bits per heavy atom. The van der Waals surface area contributed by atoms with E-state index < -0.39 is 10.1 Å². The second kappa shape index (κ2) is 15.6. The third-order valence-electron chi connectivity index (χ3n) is 6.39. The number of hydrogen-bond acceptors (Lipinski definition) is 2. The van der Waals surface area contributed by atoms with Crippen LogP contribution in [-0.4, -0.2) is 42.5 Å². The van der Waals surface area contributed by atoms with Crippen LogP contribution in [0.5, 0.6) is 0 Å². The van der Waals surface area contributed by atoms with Crippen molar-refractivity contribution in [3.8, 4) is 0 Å². The molecule has 5 heteroatoms. The summed E-state index contributed by atoms with van der Waals surface area (Å²) in [6.45, 7) is 9.03. The Morgan fingerprint density at radius 2 is 1.27 bits per heavy atom. The molecule has 0 saturated heterocycles. The van der Waals surface area contributed by atoms with Gasteiger partial charge in [-0.05, 0) is 54.0 Å². The zero-order valence-electron chi connectivity index (χ0n) is 21.7. The molecule has 0 fully saturated rings. The minimum absolute atomic E-state index is 0. The Kier molecular flexibility index (Phi) is 14.5. The Bertz CT molecular complexity index is 936. The summed E-state index contributed by atoms with van der Waals surface area (Å²) in [4.78, 5) is 0.146. The Labute approximate surface area is 225 Å². The van der Waals surface area contributed by atoms with Crippen LogP contribution in [-0.2, 0) is 23.0 Å². The van der Waals surface area contributed by atoms with Gasteiger partial charge in [-0.3, -0.25) is 4.55 Å². The summed E-state index contributed by atoms with van der Waals surface area (Å²) >= 11 is 0. The van der Waals surface area contributed by atoms with Gasteiger partial charge in [-0.25, -0.2) is 0 Å². The van der Waals surface area contributed by atoms with E-state index in [-0.39, 0.29) is 34.5 Å². The van der Waals surface area contributed by atoms with Gasteiger partial charge in [0.2, 0.25) is 0 Å². The van der Waals surface area contributed by atoms with Crippen molar-refractivity contribution in [1.29, 1.82) is 0 Å². The van der Waals surface area contributed by atoms with E-state index in [0.29, 0.717) is 11.8 Å². The first-order valence-electron chi connectivity index (χ1n) is 12.7. The molecule has 0 bridgehead atoms. The summed E-state index contributed by atoms with van der Waals surface area (Å²) < 4.78 is 35.1. The van der Waals surface area contributed by atoms with E-state index in [1.165, 1.54) is 38.5 Å². The van der Waals surface area contributed by atoms with Gasteiger partial charge in [-0.15, -0.1) is 0 Å². The van der Waals surface area contributed by atoms with Gasteiger partial charge in [0.1, 0.15) is 4.90 Å². The number of rotatable bonds is 15. The molecule has 0 spiro atoms. The molecule has 3 nitrogen and oxygen atoms in total. The molecule has 1 radical (unpaired) electrons. The van der Waals surface area contributed by atoms with Gasteiger partial charge in [0.25, 0.3) is 10.1 Å². The Hall–Kier alpha value is -0.390. The molecule has 0 heterocycles. The molecule has 0 aliphatic heterocycles. The first-order valence-corrected chi connectivity index (χ1v) is 14.1. The van der Waals surface area contributed by atoms with E-state index in [9.17, 15) is 13.0 Å². The quantitative estimate of drug-likeness (QED) is 0.159. The Balaban J connectivity index is 0.00000544. The average Bonchev–Trinajstić information content (AvgIpc) is 2.71. The summed E-state index contributed by atoms with van der Waals surface area (Å²) in [5.41, 5.74) is 1.94. The van der Waals surface area contributed by atoms with Crippen molar-refractivity contribution in [2.24, 2.45) is 11.8 Å². The third kappa shape index (κ3) is 10.8. The van der Waals surface area contributed by atoms with Crippen molar-refractivity contribution in [1.82, 2.24) is 0 Å². The van der Waals surface area contributed by atoms with E-state index in [0.717, 1.165) is 60.5 Å². The minimum atomic E-state index is -4.29. The molecule has 0 aliphatic rings. The van der Waals surface area contributed by atoms with Crippen molar-refractivity contribution in [2.45, 2.75) is 110 Å². The van der Waals surface area contributed by atoms with Crippen LogP contribution in [0.2, 0.25) is 0 Å². The third-order valence-corrected chi connectivity index (χ3v) is 7.37. The van der Waals surface area contributed by atoms with Gasteiger partial charge in [0.05, 0.1) is 0 Å². The summed E-state index contributed by atoms with van der Waals surface area (Å²) in [6.07, 6.45) is 13.3. The maximum Gasteiger partial charge on any atom is 0.295 e. The molecule has 0 atom stereocenters. The molecule has 0 aromatic heterocycles. The van der Waals surface area contributed by atoms with Crippen molar-refractivity contribution >= 4 is 50.4 Å². The van der Waals surface area contributed by atoms with Crippen LogP contribution >= 0.6 is 0 Å². The number of fused-ring (bicyclic) bond motifs is 1. The van der Waals surface area contributed by atoms with Crippen LogP contribution in [0.15, 0.2) is 35.2 Å².